The molecule has 1 amide bonds. The first-order chi connectivity index (χ1) is 10.9. The second-order valence-corrected chi connectivity index (χ2v) is 7.82. The first-order valence-electron chi connectivity index (χ1n) is 7.47. The number of hydrogen-bond acceptors (Lipinski definition) is 4. The molecule has 7 nitrogen and oxygen atoms in total. The summed E-state index contributed by atoms with van der Waals surface area (Å²) < 4.78 is 32.2. The van der Waals surface area contributed by atoms with Crippen molar-refractivity contribution in [1.29, 1.82) is 0 Å². The molecule has 1 N–H and O–H groups in total. The van der Waals surface area contributed by atoms with E-state index in [4.69, 9.17) is 4.74 Å². The van der Waals surface area contributed by atoms with Crippen molar-refractivity contribution in [1.82, 2.24) is 8.61 Å². The zero-order valence-corrected chi connectivity index (χ0v) is 14.5. The molecule has 0 bridgehead atoms. The predicted octanol–water partition coefficient (Wildman–Crippen LogP) is 1.15. The maximum atomic E-state index is 12.5. The van der Waals surface area contributed by atoms with Crippen molar-refractivity contribution in [3.8, 4) is 5.75 Å². The van der Waals surface area contributed by atoms with E-state index in [2.05, 4.69) is 5.32 Å². The maximum absolute atomic E-state index is 12.5. The number of hydrogen-bond donors (Lipinski definition) is 1. The van der Waals surface area contributed by atoms with E-state index in [-0.39, 0.29) is 18.4 Å². The van der Waals surface area contributed by atoms with Gasteiger partial charge in [-0.15, -0.1) is 0 Å². The molecule has 0 radical (unpaired) electrons. The van der Waals surface area contributed by atoms with Crippen molar-refractivity contribution in [3.63, 3.8) is 0 Å². The summed E-state index contributed by atoms with van der Waals surface area (Å²) in [7, 11) is 1.04. The topological polar surface area (TPSA) is 79.0 Å². The first kappa shape index (κ1) is 17.7. The van der Waals surface area contributed by atoms with Crippen LogP contribution in [-0.4, -0.2) is 57.2 Å². The summed E-state index contributed by atoms with van der Waals surface area (Å²) in [6.45, 7) is 0.639. The third-order valence-corrected chi connectivity index (χ3v) is 5.81. The third kappa shape index (κ3) is 4.01. The van der Waals surface area contributed by atoms with Crippen LogP contribution < -0.4 is 10.1 Å². The number of carbonyl (C=O) groups excluding carboxylic acids is 1. The Morgan fingerprint density at radius 1 is 1.35 bits per heavy atom. The number of nitrogens with one attached hydrogen (secondary N) is 1. The van der Waals surface area contributed by atoms with Gasteiger partial charge in [-0.05, 0) is 25.0 Å². The van der Waals surface area contributed by atoms with Crippen molar-refractivity contribution in [2.24, 2.45) is 5.92 Å². The second-order valence-electron chi connectivity index (χ2n) is 5.68. The molecule has 0 aromatic heterocycles. The quantitative estimate of drug-likeness (QED) is 0.871. The molecule has 0 aliphatic carbocycles. The molecular formula is C15H23N3O4S. The molecule has 1 saturated heterocycles. The normalized spacial score (nSPS) is 19.6. The number of piperidine rings is 1. The highest BCUT2D eigenvalue weighted by Gasteiger charge is 2.33. The van der Waals surface area contributed by atoms with Crippen LogP contribution in [0.4, 0.5) is 5.69 Å². The molecule has 2 rings (SSSR count). The van der Waals surface area contributed by atoms with Gasteiger partial charge in [0.1, 0.15) is 5.75 Å². The van der Waals surface area contributed by atoms with Crippen molar-refractivity contribution < 1.29 is 17.9 Å². The second kappa shape index (κ2) is 7.29. The van der Waals surface area contributed by atoms with Crippen LogP contribution in [0.3, 0.4) is 0 Å². The molecule has 1 atom stereocenters. The number of para-hydroxylation sites is 2. The molecule has 0 saturated carbocycles. The van der Waals surface area contributed by atoms with Crippen LogP contribution in [0.15, 0.2) is 24.3 Å². The Morgan fingerprint density at radius 2 is 2.04 bits per heavy atom. The molecule has 0 unspecified atom stereocenters. The maximum Gasteiger partial charge on any atom is 0.281 e. The van der Waals surface area contributed by atoms with Crippen LogP contribution in [0.25, 0.3) is 0 Å². The fourth-order valence-electron chi connectivity index (χ4n) is 2.58. The number of anilines is 1. The first-order valence-corrected chi connectivity index (χ1v) is 8.87. The molecule has 1 heterocycles. The minimum atomic E-state index is -3.49. The Hall–Kier alpha value is -1.64. The summed E-state index contributed by atoms with van der Waals surface area (Å²) in [6, 6.07) is 7.15. The van der Waals surface area contributed by atoms with Gasteiger partial charge < -0.3 is 10.1 Å². The van der Waals surface area contributed by atoms with Gasteiger partial charge in [0.05, 0.1) is 18.7 Å². The van der Waals surface area contributed by atoms with E-state index in [1.807, 2.05) is 12.1 Å². The van der Waals surface area contributed by atoms with Crippen LogP contribution in [0.1, 0.15) is 12.8 Å². The summed E-state index contributed by atoms with van der Waals surface area (Å²) in [5.41, 5.74) is 0.590. The number of amides is 1. The zero-order valence-electron chi connectivity index (χ0n) is 13.7. The Balaban J connectivity index is 2.08. The van der Waals surface area contributed by atoms with Crippen molar-refractivity contribution in [2.45, 2.75) is 12.8 Å². The van der Waals surface area contributed by atoms with Gasteiger partial charge >= 0.3 is 0 Å². The lowest BCUT2D eigenvalue weighted by atomic mass is 9.98. The fraction of sp³-hybridized carbons (Fsp3) is 0.533. The van der Waals surface area contributed by atoms with E-state index < -0.39 is 10.2 Å². The number of methoxy groups -OCH3 is 1. The molecule has 128 valence electrons. The van der Waals surface area contributed by atoms with E-state index in [1.165, 1.54) is 29.8 Å². The molecular weight excluding hydrogens is 318 g/mol. The minimum absolute atomic E-state index is 0.187. The van der Waals surface area contributed by atoms with Gasteiger partial charge in [-0.1, -0.05) is 12.1 Å². The van der Waals surface area contributed by atoms with E-state index in [0.717, 1.165) is 0 Å². The highest BCUT2D eigenvalue weighted by Crippen LogP contribution is 2.26. The van der Waals surface area contributed by atoms with E-state index in [9.17, 15) is 13.2 Å². The molecule has 1 fully saturated rings. The van der Waals surface area contributed by atoms with Gasteiger partial charge in [0.15, 0.2) is 0 Å². The summed E-state index contributed by atoms with van der Waals surface area (Å²) in [5.74, 6) is 0.0194. The minimum Gasteiger partial charge on any atom is -0.495 e. The summed E-state index contributed by atoms with van der Waals surface area (Å²) in [6.07, 6.45) is 1.33. The van der Waals surface area contributed by atoms with Gasteiger partial charge in [0.2, 0.25) is 5.91 Å². The lowest BCUT2D eigenvalue weighted by molar-refractivity contribution is -0.120. The van der Waals surface area contributed by atoms with Crippen molar-refractivity contribution >= 4 is 21.8 Å². The molecule has 1 aliphatic heterocycles. The predicted molar refractivity (Wildman–Crippen MR) is 88.5 cm³/mol. The van der Waals surface area contributed by atoms with Gasteiger partial charge in [0.25, 0.3) is 10.2 Å². The highest BCUT2D eigenvalue weighted by molar-refractivity contribution is 7.86. The highest BCUT2D eigenvalue weighted by atomic mass is 32.2. The van der Waals surface area contributed by atoms with Gasteiger partial charge in [-0.25, -0.2) is 0 Å². The number of carbonyl (C=O) groups is 1. The number of rotatable bonds is 5. The molecule has 8 heteroatoms. The summed E-state index contributed by atoms with van der Waals surface area (Å²) in [5, 5.41) is 2.83. The van der Waals surface area contributed by atoms with E-state index in [1.54, 1.807) is 12.1 Å². The monoisotopic (exact) mass is 341 g/mol. The van der Waals surface area contributed by atoms with E-state index >= 15 is 0 Å². The largest absolute Gasteiger partial charge is 0.495 e. The Labute approximate surface area is 137 Å². The van der Waals surface area contributed by atoms with Crippen molar-refractivity contribution in [2.75, 3.05) is 39.6 Å². The van der Waals surface area contributed by atoms with Crippen LogP contribution >= 0.6 is 0 Å². The van der Waals surface area contributed by atoms with Gasteiger partial charge in [0, 0.05) is 27.2 Å². The smallest absolute Gasteiger partial charge is 0.281 e. The summed E-state index contributed by atoms with van der Waals surface area (Å²) in [4.78, 5) is 12.5. The fourth-order valence-corrected chi connectivity index (χ4v) is 3.77. The average Bonchev–Trinajstić information content (AvgIpc) is 2.55. The van der Waals surface area contributed by atoms with E-state index in [0.29, 0.717) is 30.8 Å². The molecule has 1 aliphatic rings. The molecule has 1 aromatic rings. The zero-order chi connectivity index (χ0) is 17.0. The third-order valence-electron chi connectivity index (χ3n) is 3.91. The van der Waals surface area contributed by atoms with Crippen molar-refractivity contribution in [3.05, 3.63) is 24.3 Å². The van der Waals surface area contributed by atoms with Gasteiger partial charge in [-0.2, -0.15) is 17.0 Å². The molecule has 1 aromatic carbocycles. The Kier molecular flexibility index (Phi) is 5.61. The molecule has 23 heavy (non-hydrogen) atoms. The van der Waals surface area contributed by atoms with Crippen LogP contribution in [0, 0.1) is 5.92 Å². The van der Waals surface area contributed by atoms with Gasteiger partial charge in [-0.3, -0.25) is 4.79 Å². The van der Waals surface area contributed by atoms with Crippen LogP contribution in [-0.2, 0) is 15.0 Å². The lowest BCUT2D eigenvalue weighted by Gasteiger charge is -2.32. The SMILES string of the molecule is COc1ccccc1NC(=O)[C@@H]1CCCN(S(=O)(=O)N(C)C)C1. The molecule has 0 spiro atoms. The number of ether oxygens (including phenoxy) is 1. The lowest BCUT2D eigenvalue weighted by Crippen LogP contribution is -2.47. The number of nitrogens with zero attached hydrogens (tertiary/aromatic N) is 2. The Morgan fingerprint density at radius 3 is 2.70 bits per heavy atom. The van der Waals surface area contributed by atoms with Crippen LogP contribution in [0.2, 0.25) is 0 Å². The summed E-state index contributed by atoms with van der Waals surface area (Å²) >= 11 is 0. The number of benzene rings is 1. The standard InChI is InChI=1S/C15H23N3O4S/c1-17(2)23(20,21)18-10-6-7-12(11-18)15(19)16-13-8-4-5-9-14(13)22-3/h4-5,8-9,12H,6-7,10-11H2,1-3H3,(H,16,19)/t12-/m1/s1. The van der Waals surface area contributed by atoms with Crippen LogP contribution in [0.5, 0.6) is 5.75 Å². The Bertz CT molecular complexity index is 660. The average molecular weight is 341 g/mol.